The average molecular weight is 625 g/mol. The molecule has 0 heterocycles. The molecule has 45 heavy (non-hydrogen) atoms. The summed E-state index contributed by atoms with van der Waals surface area (Å²) in [5.41, 5.74) is 0.207. The topological polar surface area (TPSA) is 0 Å². The van der Waals surface area contributed by atoms with Crippen LogP contribution in [0.3, 0.4) is 0 Å². The molecule has 0 aromatic heterocycles. The van der Waals surface area contributed by atoms with Crippen molar-refractivity contribution in [3.63, 3.8) is 0 Å². The maximum absolute atomic E-state index is 2.87. The molecule has 0 N–H and O–H groups in total. The fraction of sp³-hybridized carbons (Fsp3) is 0.186. The van der Waals surface area contributed by atoms with E-state index in [0.717, 1.165) is 6.42 Å². The Kier molecular flexibility index (Phi) is 9.02. The van der Waals surface area contributed by atoms with Crippen molar-refractivity contribution < 1.29 is 0 Å². The molecule has 0 saturated carbocycles. The molecule has 5 aromatic carbocycles. The molecule has 6 rings (SSSR count). The summed E-state index contributed by atoms with van der Waals surface area (Å²) in [5.74, 6) is 2.87. The van der Waals surface area contributed by atoms with Gasteiger partial charge in [0.25, 0.3) is 0 Å². The SMILES string of the molecule is CC(C)(C=P(c1ccccc1)(c1ccccc1)C1C=CC=CC1)C(C)(C)[PH](c1ccccc1)(c1ccccc1)c1ccccc1. The molecule has 0 saturated heterocycles. The molecule has 0 radical (unpaired) electrons. The number of rotatable bonds is 9. The van der Waals surface area contributed by atoms with Crippen molar-refractivity contribution in [3.8, 4) is 0 Å². The third-order valence-electron chi connectivity index (χ3n) is 10.5. The summed E-state index contributed by atoms with van der Waals surface area (Å²) in [4.78, 5) is 0. The van der Waals surface area contributed by atoms with Gasteiger partial charge in [-0.1, -0.05) is 0 Å². The van der Waals surface area contributed by atoms with E-state index in [4.69, 9.17) is 0 Å². The van der Waals surface area contributed by atoms with Crippen LogP contribution >= 0.6 is 14.1 Å². The second-order valence-electron chi connectivity index (χ2n) is 13.4. The molecule has 1 aliphatic carbocycles. The van der Waals surface area contributed by atoms with Crippen LogP contribution in [-0.2, 0) is 0 Å². The third-order valence-corrected chi connectivity index (χ3v) is 21.4. The summed E-state index contributed by atoms with van der Waals surface area (Å²) in [7, 11) is -2.68. The molecule has 0 fully saturated rings. The van der Waals surface area contributed by atoms with Gasteiger partial charge in [-0.3, -0.25) is 0 Å². The van der Waals surface area contributed by atoms with E-state index in [1.165, 1.54) is 26.5 Å². The Labute approximate surface area is 271 Å². The fourth-order valence-electron chi connectivity index (χ4n) is 7.80. The van der Waals surface area contributed by atoms with Crippen LogP contribution < -0.4 is 26.5 Å². The normalized spacial score (nSPS) is 15.9. The van der Waals surface area contributed by atoms with Crippen molar-refractivity contribution in [1.82, 2.24) is 0 Å². The van der Waals surface area contributed by atoms with Gasteiger partial charge < -0.3 is 0 Å². The van der Waals surface area contributed by atoms with Crippen molar-refractivity contribution in [2.24, 2.45) is 5.41 Å². The zero-order valence-electron chi connectivity index (χ0n) is 27.1. The first-order valence-corrected chi connectivity index (χ1v) is 20.1. The summed E-state index contributed by atoms with van der Waals surface area (Å²) in [6.45, 7) is 8.14. The van der Waals surface area contributed by atoms with Crippen LogP contribution in [0.4, 0.5) is 0 Å². The third kappa shape index (κ3) is 5.44. The quantitative estimate of drug-likeness (QED) is 0.144. The van der Waals surface area contributed by atoms with Crippen molar-refractivity contribution in [3.05, 3.63) is 176 Å². The number of benzene rings is 5. The summed E-state index contributed by atoms with van der Waals surface area (Å²) < 4.78 is 0. The van der Waals surface area contributed by atoms with Gasteiger partial charge in [-0.2, -0.15) is 0 Å². The zero-order chi connectivity index (χ0) is 31.4. The zero-order valence-corrected chi connectivity index (χ0v) is 28.9. The van der Waals surface area contributed by atoms with Crippen LogP contribution in [0.5, 0.6) is 0 Å². The minimum atomic E-state index is -2.68. The van der Waals surface area contributed by atoms with Gasteiger partial charge in [-0.05, 0) is 0 Å². The van der Waals surface area contributed by atoms with E-state index in [1.807, 2.05) is 0 Å². The van der Waals surface area contributed by atoms with E-state index in [0.29, 0.717) is 5.66 Å². The van der Waals surface area contributed by atoms with Crippen molar-refractivity contribution in [2.45, 2.75) is 44.9 Å². The molecule has 0 aliphatic heterocycles. The van der Waals surface area contributed by atoms with Crippen LogP contribution in [-0.4, -0.2) is 16.6 Å². The first-order chi connectivity index (χ1) is 21.8. The molecular formula is C43H46P2. The maximum atomic E-state index is 2.87. The minimum absolute atomic E-state index is 0.146. The molecular weight excluding hydrogens is 578 g/mol. The van der Waals surface area contributed by atoms with Crippen molar-refractivity contribution in [2.75, 3.05) is 0 Å². The van der Waals surface area contributed by atoms with Gasteiger partial charge in [0.05, 0.1) is 0 Å². The molecule has 5 aromatic rings. The standard InChI is InChI=1S/C43H46P2/c1-42(2,35-44(36-23-11-5-12-24-36,37-25-13-6-14-26-37)38-27-15-7-16-28-38)43(3,4)45(39-29-17-8-18-30-39,40-31-19-9-20-32-40)41-33-21-10-22-34-41/h5-27,29-35,38,45H,28H2,1-4H3. The van der Waals surface area contributed by atoms with Gasteiger partial charge in [0.1, 0.15) is 0 Å². The Bertz CT molecular complexity index is 1660. The molecule has 228 valence electrons. The predicted molar refractivity (Wildman–Crippen MR) is 206 cm³/mol. The average Bonchev–Trinajstić information content (AvgIpc) is 3.10. The second kappa shape index (κ2) is 13.0. The molecule has 0 bridgehead atoms. The van der Waals surface area contributed by atoms with Crippen molar-refractivity contribution in [1.29, 1.82) is 0 Å². The van der Waals surface area contributed by atoms with E-state index in [-0.39, 0.29) is 10.6 Å². The van der Waals surface area contributed by atoms with Crippen LogP contribution in [0.1, 0.15) is 34.1 Å². The van der Waals surface area contributed by atoms with Gasteiger partial charge in [-0.15, -0.1) is 0 Å². The number of hydrogen-bond donors (Lipinski definition) is 0. The van der Waals surface area contributed by atoms with E-state index in [1.54, 1.807) is 0 Å². The monoisotopic (exact) mass is 624 g/mol. The molecule has 0 spiro atoms. The second-order valence-corrected chi connectivity index (χ2v) is 21.4. The summed E-state index contributed by atoms with van der Waals surface area (Å²) in [6.07, 6.45) is 10.4. The molecule has 1 unspecified atom stereocenters. The van der Waals surface area contributed by atoms with Gasteiger partial charge >= 0.3 is 273 Å². The van der Waals surface area contributed by atoms with E-state index < -0.39 is 14.1 Å². The Morgan fingerprint density at radius 3 is 1.27 bits per heavy atom. The Morgan fingerprint density at radius 2 is 0.911 bits per heavy atom. The summed E-state index contributed by atoms with van der Waals surface area (Å²) in [6, 6.07) is 57.1. The van der Waals surface area contributed by atoms with Gasteiger partial charge in [0.15, 0.2) is 0 Å². The molecule has 1 atom stereocenters. The van der Waals surface area contributed by atoms with E-state index >= 15 is 0 Å². The first-order valence-electron chi connectivity index (χ1n) is 16.2. The molecule has 0 nitrogen and oxygen atoms in total. The van der Waals surface area contributed by atoms with Crippen molar-refractivity contribution >= 4 is 46.5 Å². The Hall–Kier alpha value is -3.69. The van der Waals surface area contributed by atoms with E-state index in [9.17, 15) is 0 Å². The van der Waals surface area contributed by atoms with E-state index in [2.05, 4.69) is 209 Å². The number of hydrogen-bond acceptors (Lipinski definition) is 0. The van der Waals surface area contributed by atoms with Crippen LogP contribution in [0.25, 0.3) is 0 Å². The molecule has 2 heteroatoms. The predicted octanol–water partition coefficient (Wildman–Crippen LogP) is 8.87. The Morgan fingerprint density at radius 1 is 0.533 bits per heavy atom. The van der Waals surface area contributed by atoms with Gasteiger partial charge in [0.2, 0.25) is 0 Å². The number of allylic oxidation sites excluding steroid dienone is 4. The first kappa shape index (κ1) is 31.3. The van der Waals surface area contributed by atoms with Gasteiger partial charge in [0, 0.05) is 0 Å². The van der Waals surface area contributed by atoms with Crippen LogP contribution in [0.15, 0.2) is 176 Å². The van der Waals surface area contributed by atoms with Gasteiger partial charge in [-0.25, -0.2) is 0 Å². The summed E-state index contributed by atoms with van der Waals surface area (Å²) in [5, 5.41) is 7.13. The fourth-order valence-corrected chi connectivity index (χ4v) is 19.2. The molecule has 0 amide bonds. The van der Waals surface area contributed by atoms with Crippen LogP contribution in [0, 0.1) is 5.41 Å². The van der Waals surface area contributed by atoms with Crippen LogP contribution in [0.2, 0.25) is 0 Å². The summed E-state index contributed by atoms with van der Waals surface area (Å²) >= 11 is 0. The Balaban J connectivity index is 1.73. The molecule has 1 aliphatic rings.